The van der Waals surface area contributed by atoms with Crippen molar-refractivity contribution >= 4 is 36.5 Å². The van der Waals surface area contributed by atoms with Gasteiger partial charge >= 0.3 is 0 Å². The first-order chi connectivity index (χ1) is 17.5. The van der Waals surface area contributed by atoms with Gasteiger partial charge in [-0.1, -0.05) is 82.2 Å². The van der Waals surface area contributed by atoms with Crippen LogP contribution >= 0.6 is 0 Å². The minimum absolute atomic E-state index is 0. The second kappa shape index (κ2) is 10.2. The topological polar surface area (TPSA) is 34.2 Å². The molecule has 0 saturated heterocycles. The maximum Gasteiger partial charge on any atom is 0.290 e. The van der Waals surface area contributed by atoms with Gasteiger partial charge in [-0.2, -0.15) is 0 Å². The van der Waals surface area contributed by atoms with Crippen LogP contribution in [0.4, 0.5) is 5.95 Å². The van der Waals surface area contributed by atoms with Crippen molar-refractivity contribution in [3.05, 3.63) is 101 Å². The van der Waals surface area contributed by atoms with E-state index in [0.29, 0.717) is 11.8 Å². The number of nitrogens with zero attached hydrogens (tertiary/aromatic N) is 3. The molecule has 5 aromatic rings. The molecule has 6 heteroatoms. The molecule has 0 fully saturated rings. The van der Waals surface area contributed by atoms with Crippen molar-refractivity contribution in [2.45, 2.75) is 39.5 Å². The van der Waals surface area contributed by atoms with E-state index in [2.05, 4.69) is 98.0 Å². The van der Waals surface area contributed by atoms with Crippen LogP contribution in [0.25, 0.3) is 40.0 Å². The Balaban J connectivity index is 0.00000280. The standard InChI is InChI=1S/C31H29BN3O.Ir/c1-20(2)25-16-23(22-10-6-5-7-11-22)17-26(21(3)4)30(25)34-15-14-33-31(34)35-19-27-24-12-8-9-13-28(24)36-29(27)18-32-35;/h5-21H,1-4H3;. The number of hydrogen-bond donors (Lipinski definition) is 0. The van der Waals surface area contributed by atoms with Crippen molar-refractivity contribution in [3.63, 3.8) is 0 Å². The predicted octanol–water partition coefficient (Wildman–Crippen LogP) is 6.15. The molecular formula is C31H29BIrN3O. The van der Waals surface area contributed by atoms with E-state index >= 15 is 0 Å². The Morgan fingerprint density at radius 1 is 0.838 bits per heavy atom. The molecule has 2 radical (unpaired) electrons. The molecule has 0 atom stereocenters. The van der Waals surface area contributed by atoms with E-state index in [1.165, 1.54) is 27.9 Å². The number of hydrogen-bond acceptors (Lipinski definition) is 3. The second-order valence-corrected chi connectivity index (χ2v) is 10.0. The first-order valence-electron chi connectivity index (χ1n) is 12.6. The van der Waals surface area contributed by atoms with Gasteiger partial charge in [-0.3, -0.25) is 4.57 Å². The van der Waals surface area contributed by atoms with Crippen LogP contribution in [0.15, 0.2) is 83.5 Å². The Kier molecular flexibility index (Phi) is 6.98. The van der Waals surface area contributed by atoms with E-state index in [9.17, 15) is 0 Å². The van der Waals surface area contributed by atoms with E-state index in [0.717, 1.165) is 27.6 Å². The van der Waals surface area contributed by atoms with Gasteiger partial charge in [0.15, 0.2) is 0 Å². The molecular weight excluding hydrogens is 633 g/mol. The van der Waals surface area contributed by atoms with Crippen molar-refractivity contribution in [1.82, 2.24) is 9.55 Å². The fourth-order valence-electron chi connectivity index (χ4n) is 5.09. The molecule has 0 unspecified atom stereocenters. The Morgan fingerprint density at radius 2 is 1.51 bits per heavy atom. The van der Waals surface area contributed by atoms with Crippen LogP contribution in [0, 0.1) is 0 Å². The molecule has 186 valence electrons. The van der Waals surface area contributed by atoms with E-state index in [1.807, 2.05) is 37.8 Å². The van der Waals surface area contributed by atoms with Crippen molar-refractivity contribution in [2.75, 3.05) is 4.81 Å². The third kappa shape index (κ3) is 4.49. The molecule has 6 rings (SSSR count). The third-order valence-corrected chi connectivity index (χ3v) is 6.93. The molecule has 2 aromatic heterocycles. The maximum absolute atomic E-state index is 6.06. The van der Waals surface area contributed by atoms with Gasteiger partial charge in [-0.05, 0) is 52.3 Å². The summed E-state index contributed by atoms with van der Waals surface area (Å²) in [6.07, 6.45) is 6.09. The molecule has 3 aromatic carbocycles. The Bertz CT molecular complexity index is 1660. The summed E-state index contributed by atoms with van der Waals surface area (Å²) in [5.74, 6) is 3.58. The number of fused-ring (bicyclic) bond motifs is 3. The number of rotatable bonds is 5. The van der Waals surface area contributed by atoms with Crippen LogP contribution in [-0.4, -0.2) is 17.0 Å². The molecule has 4 nitrogen and oxygen atoms in total. The SMILES string of the molecule is CC(C)c1cc(-c2ccccc2)cc(C(C)C)c1-n1ccnc1N1[B]C=c2oc3ccccc3c2=C1.[Ir]. The summed E-state index contributed by atoms with van der Waals surface area (Å²) in [5.41, 5.74) is 8.12. The first-order valence-corrected chi connectivity index (χ1v) is 12.6. The molecule has 37 heavy (non-hydrogen) atoms. The van der Waals surface area contributed by atoms with E-state index < -0.39 is 0 Å². The summed E-state index contributed by atoms with van der Waals surface area (Å²) in [4.78, 5) is 6.91. The number of furan rings is 1. The van der Waals surface area contributed by atoms with Gasteiger partial charge in [-0.15, -0.1) is 0 Å². The number of imidazole rings is 1. The normalized spacial score (nSPS) is 12.6. The van der Waals surface area contributed by atoms with Crippen molar-refractivity contribution < 1.29 is 24.5 Å². The average molecular weight is 663 g/mol. The smallest absolute Gasteiger partial charge is 0.290 e. The minimum Gasteiger partial charge on any atom is -0.457 e. The summed E-state index contributed by atoms with van der Waals surface area (Å²) in [6, 6.07) is 23.5. The zero-order valence-corrected chi connectivity index (χ0v) is 23.9. The van der Waals surface area contributed by atoms with Crippen LogP contribution in [0.5, 0.6) is 0 Å². The molecule has 1 aliphatic heterocycles. The maximum atomic E-state index is 6.06. The second-order valence-electron chi connectivity index (χ2n) is 10.0. The zero-order chi connectivity index (χ0) is 24.8. The van der Waals surface area contributed by atoms with Crippen LogP contribution in [0.3, 0.4) is 0 Å². The van der Waals surface area contributed by atoms with Crippen LogP contribution in [-0.2, 0) is 20.1 Å². The zero-order valence-electron chi connectivity index (χ0n) is 21.5. The molecule has 3 heterocycles. The fourth-order valence-corrected chi connectivity index (χ4v) is 5.09. The van der Waals surface area contributed by atoms with Gasteiger partial charge in [0.05, 0.1) is 5.69 Å². The fraction of sp³-hybridized carbons (Fsp3) is 0.194. The van der Waals surface area contributed by atoms with Crippen LogP contribution in [0.2, 0.25) is 0 Å². The average Bonchev–Trinajstić information content (AvgIpc) is 3.53. The van der Waals surface area contributed by atoms with Crippen molar-refractivity contribution in [1.29, 1.82) is 0 Å². The minimum atomic E-state index is 0. The monoisotopic (exact) mass is 663 g/mol. The van der Waals surface area contributed by atoms with Crippen LogP contribution in [0.1, 0.15) is 50.7 Å². The Morgan fingerprint density at radius 3 is 2.22 bits per heavy atom. The van der Waals surface area contributed by atoms with Crippen LogP contribution < -0.4 is 15.4 Å². The summed E-state index contributed by atoms with van der Waals surface area (Å²) >= 11 is 0. The van der Waals surface area contributed by atoms with Gasteiger partial charge in [-0.25, -0.2) is 4.98 Å². The number of aromatic nitrogens is 2. The van der Waals surface area contributed by atoms with Crippen molar-refractivity contribution in [2.24, 2.45) is 0 Å². The Hall–Kier alpha value is -3.34. The quantitative estimate of drug-likeness (QED) is 0.212. The van der Waals surface area contributed by atoms with Crippen molar-refractivity contribution in [3.8, 4) is 16.8 Å². The van der Waals surface area contributed by atoms with Gasteiger partial charge in [0, 0.05) is 49.3 Å². The molecule has 1 aliphatic rings. The number of benzene rings is 3. The van der Waals surface area contributed by atoms with Gasteiger partial charge < -0.3 is 9.23 Å². The first kappa shape index (κ1) is 25.3. The third-order valence-electron chi connectivity index (χ3n) is 6.93. The van der Waals surface area contributed by atoms with Gasteiger partial charge in [0.2, 0.25) is 5.95 Å². The molecule has 0 aliphatic carbocycles. The molecule has 0 amide bonds. The van der Waals surface area contributed by atoms with E-state index in [4.69, 9.17) is 9.40 Å². The summed E-state index contributed by atoms with van der Waals surface area (Å²) < 4.78 is 8.30. The number of anilines is 1. The summed E-state index contributed by atoms with van der Waals surface area (Å²) in [7, 11) is 2.03. The Labute approximate surface area is 232 Å². The predicted molar refractivity (Wildman–Crippen MR) is 150 cm³/mol. The van der Waals surface area contributed by atoms with E-state index in [-0.39, 0.29) is 20.1 Å². The molecule has 0 spiro atoms. The molecule has 0 saturated carbocycles. The van der Waals surface area contributed by atoms with Gasteiger partial charge in [0.1, 0.15) is 11.0 Å². The molecule has 0 N–H and O–H groups in total. The molecule has 0 bridgehead atoms. The van der Waals surface area contributed by atoms with Gasteiger partial charge in [0.25, 0.3) is 7.41 Å². The summed E-state index contributed by atoms with van der Waals surface area (Å²) in [5, 5.41) is 2.19. The summed E-state index contributed by atoms with van der Waals surface area (Å²) in [6.45, 7) is 9.08. The number of para-hydroxylation sites is 1. The van der Waals surface area contributed by atoms with E-state index in [1.54, 1.807) is 0 Å². The largest absolute Gasteiger partial charge is 0.457 e.